The number of aromatic nitrogens is 1. The van der Waals surface area contributed by atoms with Crippen molar-refractivity contribution < 1.29 is 18.7 Å². The smallest absolute Gasteiger partial charge is 0.315 e. The van der Waals surface area contributed by atoms with Gasteiger partial charge < -0.3 is 14.2 Å². The Balaban J connectivity index is 1.86. The maximum atomic E-state index is 13.9. The molecule has 0 saturated heterocycles. The minimum absolute atomic E-state index is 0.168. The molecule has 0 radical (unpaired) electrons. The average Bonchev–Trinajstić information content (AvgIpc) is 2.97. The van der Waals surface area contributed by atoms with Gasteiger partial charge in [0.2, 0.25) is 0 Å². The van der Waals surface area contributed by atoms with E-state index < -0.39 is 17.7 Å². The molecule has 0 fully saturated rings. The quantitative estimate of drug-likeness (QED) is 0.650. The van der Waals surface area contributed by atoms with Gasteiger partial charge in [-0.25, -0.2) is 4.39 Å². The molecule has 3 aromatic rings. The molecule has 2 aromatic carbocycles. The van der Waals surface area contributed by atoms with Crippen LogP contribution in [0.15, 0.2) is 48.5 Å². The second-order valence-electron chi connectivity index (χ2n) is 6.96. The number of benzene rings is 2. The van der Waals surface area contributed by atoms with E-state index in [0.717, 1.165) is 11.1 Å². The highest BCUT2D eigenvalue weighted by molar-refractivity contribution is 6.06. The van der Waals surface area contributed by atoms with E-state index in [1.54, 1.807) is 29.5 Å². The number of carbonyl (C=O) groups excluding carboxylic acids is 2. The maximum absolute atomic E-state index is 13.9. The van der Waals surface area contributed by atoms with Crippen LogP contribution in [0.25, 0.3) is 10.9 Å². The third kappa shape index (κ3) is 2.95. The van der Waals surface area contributed by atoms with Gasteiger partial charge in [0.05, 0.1) is 6.61 Å². The van der Waals surface area contributed by atoms with Gasteiger partial charge in [-0.1, -0.05) is 30.3 Å². The predicted molar refractivity (Wildman–Crippen MR) is 103 cm³/mol. The summed E-state index contributed by atoms with van der Waals surface area (Å²) in [7, 11) is 1.77. The summed E-state index contributed by atoms with van der Waals surface area (Å²) in [5, 5.41) is 0.586. The summed E-state index contributed by atoms with van der Waals surface area (Å²) in [4.78, 5) is 27.7. The van der Waals surface area contributed by atoms with Gasteiger partial charge in [-0.3, -0.25) is 9.59 Å². The van der Waals surface area contributed by atoms with E-state index in [0.29, 0.717) is 23.2 Å². The summed E-state index contributed by atoms with van der Waals surface area (Å²) in [5.41, 5.74) is 2.67. The first-order valence-corrected chi connectivity index (χ1v) is 9.29. The fraction of sp³-hybridized carbons (Fsp3) is 0.273. The van der Waals surface area contributed by atoms with Crippen molar-refractivity contribution in [1.29, 1.82) is 0 Å². The van der Waals surface area contributed by atoms with Crippen LogP contribution in [-0.4, -0.2) is 34.5 Å². The molecule has 1 amide bonds. The molecule has 0 bridgehead atoms. The summed E-state index contributed by atoms with van der Waals surface area (Å²) < 4.78 is 21.0. The van der Waals surface area contributed by atoms with Crippen molar-refractivity contribution in [3.63, 3.8) is 0 Å². The lowest BCUT2D eigenvalue weighted by Crippen LogP contribution is -2.42. The van der Waals surface area contributed by atoms with Crippen molar-refractivity contribution in [3.05, 3.63) is 71.2 Å². The molecule has 4 rings (SSSR count). The largest absolute Gasteiger partial charge is 0.465 e. The number of carbonyl (C=O) groups is 2. The van der Waals surface area contributed by atoms with Crippen LogP contribution >= 0.6 is 0 Å². The Morgan fingerprint density at radius 3 is 2.68 bits per heavy atom. The Morgan fingerprint density at radius 2 is 1.96 bits per heavy atom. The average molecular weight is 380 g/mol. The Bertz CT molecular complexity index is 1060. The maximum Gasteiger partial charge on any atom is 0.315 e. The second-order valence-corrected chi connectivity index (χ2v) is 6.96. The minimum atomic E-state index is -0.651. The zero-order valence-electron chi connectivity index (χ0n) is 15.8. The fourth-order valence-electron chi connectivity index (χ4n) is 3.98. The van der Waals surface area contributed by atoms with Gasteiger partial charge in [-0.05, 0) is 30.7 Å². The third-order valence-corrected chi connectivity index (χ3v) is 5.23. The van der Waals surface area contributed by atoms with Crippen LogP contribution in [-0.2, 0) is 23.1 Å². The normalized spacial score (nSPS) is 16.3. The Labute approximate surface area is 162 Å². The molecule has 0 saturated carbocycles. The molecular weight excluding hydrogens is 359 g/mol. The number of hydrogen-bond acceptors (Lipinski definition) is 3. The molecule has 0 N–H and O–H groups in total. The van der Waals surface area contributed by atoms with Crippen molar-refractivity contribution in [2.24, 2.45) is 7.05 Å². The number of fused-ring (bicyclic) bond motifs is 3. The van der Waals surface area contributed by atoms with E-state index in [2.05, 4.69) is 0 Å². The highest BCUT2D eigenvalue weighted by atomic mass is 19.1. The molecule has 5 nitrogen and oxygen atoms in total. The zero-order valence-corrected chi connectivity index (χ0v) is 15.8. The van der Waals surface area contributed by atoms with E-state index in [1.165, 1.54) is 12.1 Å². The molecule has 0 aliphatic carbocycles. The zero-order chi connectivity index (χ0) is 19.8. The standard InChI is InChI=1S/C22H21FN2O3/c1-3-28-22(27)17-13-25(12-14-7-5-4-6-8-14)21(26)20-19(17)16-11-15(23)9-10-18(16)24(20)2/h4-11,17H,3,12-13H2,1-2H3. The number of amides is 1. The number of halogens is 1. The highest BCUT2D eigenvalue weighted by Gasteiger charge is 2.40. The topological polar surface area (TPSA) is 51.5 Å². The Kier molecular flexibility index (Phi) is 4.63. The number of rotatable bonds is 4. The van der Waals surface area contributed by atoms with Crippen LogP contribution in [0.1, 0.15) is 34.5 Å². The molecule has 1 aliphatic rings. The Hall–Kier alpha value is -3.15. The van der Waals surface area contributed by atoms with E-state index in [1.807, 2.05) is 30.3 Å². The van der Waals surface area contributed by atoms with Gasteiger partial charge in [-0.2, -0.15) is 0 Å². The lowest BCUT2D eigenvalue weighted by atomic mass is 9.91. The highest BCUT2D eigenvalue weighted by Crippen LogP contribution is 2.38. The Morgan fingerprint density at radius 1 is 1.21 bits per heavy atom. The van der Waals surface area contributed by atoms with E-state index in [-0.39, 0.29) is 19.1 Å². The van der Waals surface area contributed by atoms with Crippen LogP contribution in [0.4, 0.5) is 4.39 Å². The molecular formula is C22H21FN2O3. The van der Waals surface area contributed by atoms with Gasteiger partial charge in [0.1, 0.15) is 17.4 Å². The summed E-state index contributed by atoms with van der Waals surface area (Å²) in [5.74, 6) is -1.62. The third-order valence-electron chi connectivity index (χ3n) is 5.23. The summed E-state index contributed by atoms with van der Waals surface area (Å²) in [6.07, 6.45) is 0. The predicted octanol–water partition coefficient (Wildman–Crippen LogP) is 3.62. The molecule has 28 heavy (non-hydrogen) atoms. The van der Waals surface area contributed by atoms with Crippen molar-refractivity contribution in [1.82, 2.24) is 9.47 Å². The van der Waals surface area contributed by atoms with Crippen molar-refractivity contribution in [2.45, 2.75) is 19.4 Å². The van der Waals surface area contributed by atoms with Crippen LogP contribution in [0.2, 0.25) is 0 Å². The van der Waals surface area contributed by atoms with E-state index in [9.17, 15) is 14.0 Å². The molecule has 2 heterocycles. The number of aryl methyl sites for hydroxylation is 1. The lowest BCUT2D eigenvalue weighted by Gasteiger charge is -2.32. The first-order valence-electron chi connectivity index (χ1n) is 9.29. The summed E-state index contributed by atoms with van der Waals surface area (Å²) in [6, 6.07) is 14.0. The molecule has 1 unspecified atom stereocenters. The van der Waals surface area contributed by atoms with Gasteiger partial charge in [-0.15, -0.1) is 0 Å². The fourth-order valence-corrected chi connectivity index (χ4v) is 3.98. The van der Waals surface area contributed by atoms with Gasteiger partial charge in [0, 0.05) is 36.6 Å². The van der Waals surface area contributed by atoms with Crippen LogP contribution in [0.5, 0.6) is 0 Å². The van der Waals surface area contributed by atoms with E-state index in [4.69, 9.17) is 4.74 Å². The molecule has 1 atom stereocenters. The second kappa shape index (κ2) is 7.11. The van der Waals surface area contributed by atoms with Crippen molar-refractivity contribution in [2.75, 3.05) is 13.2 Å². The first kappa shape index (κ1) is 18.2. The van der Waals surface area contributed by atoms with Gasteiger partial charge >= 0.3 is 5.97 Å². The van der Waals surface area contributed by atoms with Gasteiger partial charge in [0.25, 0.3) is 5.91 Å². The van der Waals surface area contributed by atoms with Crippen molar-refractivity contribution >= 4 is 22.8 Å². The summed E-state index contributed by atoms with van der Waals surface area (Å²) >= 11 is 0. The number of esters is 1. The number of ether oxygens (including phenoxy) is 1. The lowest BCUT2D eigenvalue weighted by molar-refractivity contribution is -0.145. The molecule has 0 spiro atoms. The van der Waals surface area contributed by atoms with Gasteiger partial charge in [0.15, 0.2) is 0 Å². The summed E-state index contributed by atoms with van der Waals surface area (Å²) in [6.45, 7) is 2.59. The molecule has 6 heteroatoms. The van der Waals surface area contributed by atoms with Crippen LogP contribution in [0.3, 0.4) is 0 Å². The van der Waals surface area contributed by atoms with E-state index >= 15 is 0 Å². The monoisotopic (exact) mass is 380 g/mol. The molecule has 1 aromatic heterocycles. The minimum Gasteiger partial charge on any atom is -0.465 e. The van der Waals surface area contributed by atoms with Crippen molar-refractivity contribution in [3.8, 4) is 0 Å². The molecule has 144 valence electrons. The first-order chi connectivity index (χ1) is 13.5. The van der Waals surface area contributed by atoms with Crippen LogP contribution in [0, 0.1) is 5.82 Å². The molecule has 1 aliphatic heterocycles. The number of nitrogens with zero attached hydrogens (tertiary/aromatic N) is 2. The SMILES string of the molecule is CCOC(=O)C1CN(Cc2ccccc2)C(=O)c2c1c1cc(F)ccc1n2C. The number of hydrogen-bond donors (Lipinski definition) is 0. The van der Waals surface area contributed by atoms with Crippen LogP contribution < -0.4 is 0 Å².